The minimum Gasteiger partial charge on any atom is -0.379 e. The third-order valence-electron chi connectivity index (χ3n) is 2.61. The molecule has 1 aliphatic rings. The van der Waals surface area contributed by atoms with Gasteiger partial charge < -0.3 is 4.74 Å². The van der Waals surface area contributed by atoms with E-state index in [1.54, 1.807) is 11.3 Å². The number of nitrogens with zero attached hydrogens (tertiary/aromatic N) is 2. The molecule has 17 heavy (non-hydrogen) atoms. The summed E-state index contributed by atoms with van der Waals surface area (Å²) in [4.78, 5) is 4.51. The summed E-state index contributed by atoms with van der Waals surface area (Å²) in [6.45, 7) is 3.31. The Labute approximate surface area is 108 Å². The third kappa shape index (κ3) is 2.52. The predicted octanol–water partition coefficient (Wildman–Crippen LogP) is 2.61. The molecule has 1 saturated heterocycles. The smallest absolute Gasteiger partial charge is 0.198 e. The Bertz CT molecular complexity index is 524. The number of aromatic nitrogens is 1. The van der Waals surface area contributed by atoms with Crippen LogP contribution in [0.4, 0.5) is 5.13 Å². The van der Waals surface area contributed by atoms with Gasteiger partial charge in [-0.25, -0.2) is 9.99 Å². The highest BCUT2D eigenvalue weighted by Crippen LogP contribution is 2.28. The van der Waals surface area contributed by atoms with Crippen LogP contribution in [-0.4, -0.2) is 36.3 Å². The lowest BCUT2D eigenvalue weighted by molar-refractivity contribution is 0.0497. The molecule has 2 aromatic rings. The first-order valence-corrected chi connectivity index (χ1v) is 6.66. The van der Waals surface area contributed by atoms with Crippen LogP contribution in [-0.2, 0) is 4.74 Å². The number of rotatable bonds is 2. The standard InChI is InChI=1S/C11H12ClN3OS/c12-8-1-2-10-9(7-8)13-11(17-10)14-15-3-5-16-6-4-15/h1-2,7H,3-6H2,(H,13,14). The number of thiazole rings is 1. The lowest BCUT2D eigenvalue weighted by Gasteiger charge is -2.26. The van der Waals surface area contributed by atoms with Gasteiger partial charge >= 0.3 is 0 Å². The Morgan fingerprint density at radius 2 is 2.18 bits per heavy atom. The fourth-order valence-electron chi connectivity index (χ4n) is 1.76. The number of anilines is 1. The van der Waals surface area contributed by atoms with Crippen molar-refractivity contribution in [3.05, 3.63) is 23.2 Å². The van der Waals surface area contributed by atoms with Crippen LogP contribution in [0, 0.1) is 0 Å². The van der Waals surface area contributed by atoms with E-state index in [4.69, 9.17) is 16.3 Å². The van der Waals surface area contributed by atoms with Gasteiger partial charge in [0.15, 0.2) is 5.13 Å². The molecule has 1 N–H and O–H groups in total. The van der Waals surface area contributed by atoms with Crippen molar-refractivity contribution in [1.29, 1.82) is 0 Å². The molecular weight excluding hydrogens is 258 g/mol. The lowest BCUT2D eigenvalue weighted by Crippen LogP contribution is -2.40. The van der Waals surface area contributed by atoms with Crippen molar-refractivity contribution in [2.45, 2.75) is 0 Å². The molecule has 0 aliphatic carbocycles. The minimum absolute atomic E-state index is 0.723. The van der Waals surface area contributed by atoms with E-state index in [9.17, 15) is 0 Å². The van der Waals surface area contributed by atoms with E-state index in [0.717, 1.165) is 46.7 Å². The third-order valence-corrected chi connectivity index (χ3v) is 3.79. The Kier molecular flexibility index (Phi) is 3.15. The fraction of sp³-hybridized carbons (Fsp3) is 0.364. The van der Waals surface area contributed by atoms with Gasteiger partial charge in [-0.05, 0) is 18.2 Å². The van der Waals surface area contributed by atoms with Gasteiger partial charge in [-0.1, -0.05) is 22.9 Å². The number of benzene rings is 1. The quantitative estimate of drug-likeness (QED) is 0.909. The average molecular weight is 270 g/mol. The molecular formula is C11H12ClN3OS. The molecule has 0 atom stereocenters. The zero-order valence-corrected chi connectivity index (χ0v) is 10.7. The first-order chi connectivity index (χ1) is 8.31. The minimum atomic E-state index is 0.723. The molecule has 0 amide bonds. The van der Waals surface area contributed by atoms with Crippen LogP contribution in [0.25, 0.3) is 10.2 Å². The highest BCUT2D eigenvalue weighted by atomic mass is 35.5. The van der Waals surface area contributed by atoms with Crippen molar-refractivity contribution < 1.29 is 4.74 Å². The largest absolute Gasteiger partial charge is 0.379 e. The molecule has 6 heteroatoms. The molecule has 1 fully saturated rings. The molecule has 3 rings (SSSR count). The van der Waals surface area contributed by atoms with E-state index in [1.165, 1.54) is 0 Å². The summed E-state index contributed by atoms with van der Waals surface area (Å²) < 4.78 is 6.44. The summed E-state index contributed by atoms with van der Waals surface area (Å²) in [7, 11) is 0. The van der Waals surface area contributed by atoms with Crippen LogP contribution in [0.1, 0.15) is 0 Å². The van der Waals surface area contributed by atoms with Gasteiger partial charge in [0.25, 0.3) is 0 Å². The summed E-state index contributed by atoms with van der Waals surface area (Å²) in [5.74, 6) is 0. The lowest BCUT2D eigenvalue weighted by atomic mass is 10.3. The number of hydrazine groups is 1. The topological polar surface area (TPSA) is 37.4 Å². The molecule has 1 aliphatic heterocycles. The first kappa shape index (κ1) is 11.2. The second-order valence-corrected chi connectivity index (χ2v) is 5.31. The second kappa shape index (κ2) is 4.78. The highest BCUT2D eigenvalue weighted by Gasteiger charge is 2.12. The van der Waals surface area contributed by atoms with E-state index < -0.39 is 0 Å². The molecule has 1 aromatic carbocycles. The van der Waals surface area contributed by atoms with E-state index in [-0.39, 0.29) is 0 Å². The molecule has 90 valence electrons. The van der Waals surface area contributed by atoms with Crippen LogP contribution >= 0.6 is 22.9 Å². The SMILES string of the molecule is Clc1ccc2sc(NN3CCOCC3)nc2c1. The molecule has 0 spiro atoms. The van der Waals surface area contributed by atoms with E-state index in [1.807, 2.05) is 18.2 Å². The molecule has 0 saturated carbocycles. The zero-order chi connectivity index (χ0) is 11.7. The Hall–Kier alpha value is -0.880. The van der Waals surface area contributed by atoms with Gasteiger partial charge in [0.1, 0.15) is 0 Å². The zero-order valence-electron chi connectivity index (χ0n) is 9.15. The van der Waals surface area contributed by atoms with Crippen LogP contribution in [0.5, 0.6) is 0 Å². The summed E-state index contributed by atoms with van der Waals surface area (Å²) in [6.07, 6.45) is 0. The van der Waals surface area contributed by atoms with Crippen molar-refractivity contribution in [2.24, 2.45) is 0 Å². The number of morpholine rings is 1. The van der Waals surface area contributed by atoms with E-state index in [0.29, 0.717) is 0 Å². The molecule has 1 aromatic heterocycles. The number of ether oxygens (including phenoxy) is 1. The van der Waals surface area contributed by atoms with Crippen LogP contribution < -0.4 is 5.43 Å². The summed E-state index contributed by atoms with van der Waals surface area (Å²) >= 11 is 7.57. The maximum Gasteiger partial charge on any atom is 0.198 e. The second-order valence-electron chi connectivity index (χ2n) is 3.84. The van der Waals surface area contributed by atoms with Crippen molar-refractivity contribution in [3.8, 4) is 0 Å². The number of nitrogens with one attached hydrogen (secondary N) is 1. The van der Waals surface area contributed by atoms with Crippen LogP contribution in [0.2, 0.25) is 5.02 Å². The Morgan fingerprint density at radius 3 is 3.00 bits per heavy atom. The van der Waals surface area contributed by atoms with Gasteiger partial charge in [0, 0.05) is 18.1 Å². The fourth-order valence-corrected chi connectivity index (χ4v) is 2.80. The first-order valence-electron chi connectivity index (χ1n) is 5.47. The van der Waals surface area contributed by atoms with Gasteiger partial charge in [-0.15, -0.1) is 0 Å². The van der Waals surface area contributed by atoms with Crippen molar-refractivity contribution in [3.63, 3.8) is 0 Å². The van der Waals surface area contributed by atoms with Gasteiger partial charge in [0.05, 0.1) is 23.4 Å². The number of fused-ring (bicyclic) bond motifs is 1. The maximum absolute atomic E-state index is 5.94. The number of hydrogen-bond acceptors (Lipinski definition) is 5. The predicted molar refractivity (Wildman–Crippen MR) is 70.6 cm³/mol. The highest BCUT2D eigenvalue weighted by molar-refractivity contribution is 7.22. The maximum atomic E-state index is 5.94. The molecule has 4 nitrogen and oxygen atoms in total. The normalized spacial score (nSPS) is 17.5. The van der Waals surface area contributed by atoms with E-state index in [2.05, 4.69) is 15.4 Å². The Morgan fingerprint density at radius 1 is 1.35 bits per heavy atom. The summed E-state index contributed by atoms with van der Waals surface area (Å²) in [6, 6.07) is 5.78. The van der Waals surface area contributed by atoms with Crippen molar-refractivity contribution in [2.75, 3.05) is 31.7 Å². The van der Waals surface area contributed by atoms with Crippen LogP contribution in [0.3, 0.4) is 0 Å². The number of hydrogen-bond donors (Lipinski definition) is 1. The molecule has 0 bridgehead atoms. The molecule has 0 radical (unpaired) electrons. The average Bonchev–Trinajstić information content (AvgIpc) is 2.71. The van der Waals surface area contributed by atoms with Crippen molar-refractivity contribution in [1.82, 2.24) is 9.99 Å². The van der Waals surface area contributed by atoms with Crippen molar-refractivity contribution >= 4 is 38.3 Å². The van der Waals surface area contributed by atoms with Gasteiger partial charge in [-0.2, -0.15) is 0 Å². The molecule has 0 unspecified atom stereocenters. The Balaban J connectivity index is 1.80. The van der Waals surface area contributed by atoms with Gasteiger partial charge in [0.2, 0.25) is 0 Å². The molecule has 2 heterocycles. The van der Waals surface area contributed by atoms with E-state index >= 15 is 0 Å². The summed E-state index contributed by atoms with van der Waals surface area (Å²) in [5, 5.41) is 3.76. The summed E-state index contributed by atoms with van der Waals surface area (Å²) in [5.41, 5.74) is 4.25. The number of halogens is 1. The van der Waals surface area contributed by atoms with Gasteiger partial charge in [-0.3, -0.25) is 5.43 Å². The van der Waals surface area contributed by atoms with Crippen LogP contribution in [0.15, 0.2) is 18.2 Å². The monoisotopic (exact) mass is 269 g/mol.